The molecule has 1 N–H and O–H groups in total. The lowest BCUT2D eigenvalue weighted by Gasteiger charge is -2.12. The first kappa shape index (κ1) is 22.3. The monoisotopic (exact) mass is 439 g/mol. The Labute approximate surface area is 174 Å². The van der Waals surface area contributed by atoms with E-state index in [0.29, 0.717) is 22.6 Å². The molecule has 0 aliphatic heterocycles. The highest BCUT2D eigenvalue weighted by atomic mass is 19.4. The number of nitrogens with one attached hydrogen (secondary N) is 1. The number of ether oxygens (including phenoxy) is 1. The molecule has 3 aromatic rings. The summed E-state index contributed by atoms with van der Waals surface area (Å²) in [6.45, 7) is 0.224. The van der Waals surface area contributed by atoms with E-state index < -0.39 is 24.3 Å². The van der Waals surface area contributed by atoms with Gasteiger partial charge in [0, 0.05) is 0 Å². The summed E-state index contributed by atoms with van der Waals surface area (Å²) in [6.07, 6.45) is -4.46. The molecule has 2 aromatic carbocycles. The van der Waals surface area contributed by atoms with Gasteiger partial charge in [0.2, 0.25) is 0 Å². The number of hydrogen-bond acceptors (Lipinski definition) is 3. The Morgan fingerprint density at radius 3 is 2.52 bits per heavy atom. The fourth-order valence-electron chi connectivity index (χ4n) is 3.08. The summed E-state index contributed by atoms with van der Waals surface area (Å²) in [4.78, 5) is 12.6. The van der Waals surface area contributed by atoms with Gasteiger partial charge >= 0.3 is 12.8 Å². The van der Waals surface area contributed by atoms with Crippen molar-refractivity contribution in [1.29, 1.82) is 0 Å². The van der Waals surface area contributed by atoms with Crippen molar-refractivity contribution in [2.24, 2.45) is 0 Å². The number of amides is 1. The van der Waals surface area contributed by atoms with Crippen molar-refractivity contribution in [3.8, 4) is 5.75 Å². The second-order valence-electron chi connectivity index (χ2n) is 6.73. The number of benzene rings is 2. The van der Waals surface area contributed by atoms with Gasteiger partial charge in [0.1, 0.15) is 5.75 Å². The second-order valence-corrected chi connectivity index (χ2v) is 6.73. The van der Waals surface area contributed by atoms with Crippen molar-refractivity contribution in [2.45, 2.75) is 33.2 Å². The van der Waals surface area contributed by atoms with Crippen LogP contribution >= 0.6 is 0 Å². The average Bonchev–Trinajstić information content (AvgIpc) is 2.95. The highest BCUT2D eigenvalue weighted by Crippen LogP contribution is 2.30. The number of hydrogen-bond donors (Lipinski definition) is 1. The summed E-state index contributed by atoms with van der Waals surface area (Å²) < 4.78 is 69.9. The van der Waals surface area contributed by atoms with E-state index in [1.54, 1.807) is 19.9 Å². The van der Waals surface area contributed by atoms with Gasteiger partial charge in [-0.05, 0) is 43.7 Å². The van der Waals surface area contributed by atoms with Gasteiger partial charge < -0.3 is 10.1 Å². The number of aromatic nitrogens is 2. The summed E-state index contributed by atoms with van der Waals surface area (Å²) in [5.41, 5.74) is 0.779. The number of anilines is 1. The molecule has 1 heterocycles. The Balaban J connectivity index is 1.84. The molecule has 5 nitrogen and oxygen atoms in total. The molecule has 0 saturated heterocycles. The lowest BCUT2D eigenvalue weighted by Crippen LogP contribution is -2.16. The normalized spacial score (nSPS) is 11.6. The van der Waals surface area contributed by atoms with E-state index in [-0.39, 0.29) is 17.9 Å². The maximum atomic E-state index is 12.9. The summed E-state index contributed by atoms with van der Waals surface area (Å²) in [6, 6.07) is 10.4. The fraction of sp³-hybridized carbons (Fsp3) is 0.238. The predicted molar refractivity (Wildman–Crippen MR) is 103 cm³/mol. The minimum atomic E-state index is -4.46. The fourth-order valence-corrected chi connectivity index (χ4v) is 3.08. The molecule has 1 aromatic heterocycles. The van der Waals surface area contributed by atoms with Gasteiger partial charge in [-0.25, -0.2) is 0 Å². The molecule has 0 unspecified atom stereocenters. The van der Waals surface area contributed by atoms with E-state index in [1.807, 2.05) is 0 Å². The standard InChI is InChI=1S/C21H18F5N3O2/c1-12-18(27-19(30)16-8-3-4-9-17(16)31-20(22)23)13(2)29(28-12)11-14-6-5-7-15(10-14)21(24,25)26/h3-10,20H,11H2,1-2H3,(H,27,30). The van der Waals surface area contributed by atoms with Crippen LogP contribution in [0.15, 0.2) is 48.5 Å². The van der Waals surface area contributed by atoms with E-state index in [2.05, 4.69) is 15.2 Å². The van der Waals surface area contributed by atoms with E-state index in [4.69, 9.17) is 0 Å². The quantitative estimate of drug-likeness (QED) is 0.522. The van der Waals surface area contributed by atoms with Gasteiger partial charge in [-0.3, -0.25) is 9.48 Å². The second kappa shape index (κ2) is 8.75. The Morgan fingerprint density at radius 1 is 1.13 bits per heavy atom. The summed E-state index contributed by atoms with van der Waals surface area (Å²) in [5, 5.41) is 6.91. The Morgan fingerprint density at radius 2 is 1.84 bits per heavy atom. The molecular weight excluding hydrogens is 421 g/mol. The van der Waals surface area contributed by atoms with Crippen molar-refractivity contribution in [2.75, 3.05) is 5.32 Å². The van der Waals surface area contributed by atoms with Gasteiger partial charge in [-0.2, -0.15) is 27.1 Å². The maximum absolute atomic E-state index is 12.9. The molecule has 0 atom stereocenters. The van der Waals surface area contributed by atoms with Crippen molar-refractivity contribution in [3.63, 3.8) is 0 Å². The number of carbonyl (C=O) groups excluding carboxylic acids is 1. The zero-order valence-electron chi connectivity index (χ0n) is 16.5. The van der Waals surface area contributed by atoms with Crippen molar-refractivity contribution < 1.29 is 31.5 Å². The highest BCUT2D eigenvalue weighted by Gasteiger charge is 2.30. The lowest BCUT2D eigenvalue weighted by molar-refractivity contribution is -0.137. The smallest absolute Gasteiger partial charge is 0.416 e. The molecule has 0 fully saturated rings. The van der Waals surface area contributed by atoms with Gasteiger partial charge in [-0.15, -0.1) is 0 Å². The topological polar surface area (TPSA) is 56.2 Å². The van der Waals surface area contributed by atoms with Crippen LogP contribution in [-0.4, -0.2) is 22.3 Å². The van der Waals surface area contributed by atoms with Crippen molar-refractivity contribution in [3.05, 3.63) is 76.6 Å². The van der Waals surface area contributed by atoms with Gasteiger partial charge in [-0.1, -0.05) is 24.3 Å². The van der Waals surface area contributed by atoms with Crippen LogP contribution < -0.4 is 10.1 Å². The molecule has 0 bridgehead atoms. The van der Waals surface area contributed by atoms with Crippen LogP contribution in [-0.2, 0) is 12.7 Å². The molecule has 0 radical (unpaired) electrons. The minimum Gasteiger partial charge on any atom is -0.434 e. The van der Waals surface area contributed by atoms with Crippen molar-refractivity contribution in [1.82, 2.24) is 9.78 Å². The third kappa shape index (κ3) is 5.19. The summed E-state index contributed by atoms with van der Waals surface area (Å²) in [7, 11) is 0. The molecule has 0 saturated carbocycles. The third-order valence-corrected chi connectivity index (χ3v) is 4.55. The van der Waals surface area contributed by atoms with E-state index in [1.165, 1.54) is 35.0 Å². The summed E-state index contributed by atoms with van der Waals surface area (Å²) in [5.74, 6) is -0.956. The molecule has 164 valence electrons. The average molecular weight is 439 g/mol. The van der Waals surface area contributed by atoms with E-state index in [9.17, 15) is 26.7 Å². The molecule has 0 aliphatic carbocycles. The van der Waals surface area contributed by atoms with Crippen LogP contribution in [0.4, 0.5) is 27.6 Å². The SMILES string of the molecule is Cc1nn(Cc2cccc(C(F)(F)F)c2)c(C)c1NC(=O)c1ccccc1OC(F)F. The Hall–Kier alpha value is -3.43. The molecule has 1 amide bonds. The largest absolute Gasteiger partial charge is 0.434 e. The Bertz CT molecular complexity index is 1090. The first-order valence-electron chi connectivity index (χ1n) is 9.11. The molecule has 31 heavy (non-hydrogen) atoms. The molecular formula is C21H18F5N3O2. The van der Waals surface area contributed by atoms with E-state index >= 15 is 0 Å². The van der Waals surface area contributed by atoms with Gasteiger partial charge in [0.15, 0.2) is 0 Å². The molecule has 3 rings (SSSR count). The van der Waals surface area contributed by atoms with Crippen LogP contribution in [0, 0.1) is 13.8 Å². The number of aryl methyl sites for hydroxylation is 1. The van der Waals surface area contributed by atoms with Crippen LogP contribution in [0.25, 0.3) is 0 Å². The molecule has 0 aliphatic rings. The highest BCUT2D eigenvalue weighted by molar-refractivity contribution is 6.06. The van der Waals surface area contributed by atoms with Crippen LogP contribution in [0.3, 0.4) is 0 Å². The van der Waals surface area contributed by atoms with Crippen molar-refractivity contribution >= 4 is 11.6 Å². The third-order valence-electron chi connectivity index (χ3n) is 4.55. The van der Waals surface area contributed by atoms with Crippen LogP contribution in [0.5, 0.6) is 5.75 Å². The zero-order chi connectivity index (χ0) is 22.8. The predicted octanol–water partition coefficient (Wildman–Crippen LogP) is 5.42. The first-order chi connectivity index (χ1) is 14.6. The number of rotatable bonds is 6. The first-order valence-corrected chi connectivity index (χ1v) is 9.11. The summed E-state index contributed by atoms with van der Waals surface area (Å²) >= 11 is 0. The van der Waals surface area contributed by atoms with Crippen LogP contribution in [0.1, 0.15) is 32.9 Å². The molecule has 0 spiro atoms. The number of halogens is 5. The lowest BCUT2D eigenvalue weighted by atomic mass is 10.1. The Kier molecular flexibility index (Phi) is 6.28. The zero-order valence-corrected chi connectivity index (χ0v) is 16.5. The number of nitrogens with zero attached hydrogens (tertiary/aromatic N) is 2. The van der Waals surface area contributed by atoms with Crippen LogP contribution in [0.2, 0.25) is 0 Å². The minimum absolute atomic E-state index is 0.0531. The van der Waals surface area contributed by atoms with E-state index in [0.717, 1.165) is 12.1 Å². The number of carbonyl (C=O) groups is 1. The van der Waals surface area contributed by atoms with Gasteiger partial charge in [0.25, 0.3) is 5.91 Å². The molecule has 10 heteroatoms. The maximum Gasteiger partial charge on any atom is 0.416 e. The number of alkyl halides is 5. The van der Waals surface area contributed by atoms with Gasteiger partial charge in [0.05, 0.1) is 34.7 Å². The number of para-hydroxylation sites is 1.